The van der Waals surface area contributed by atoms with Gasteiger partial charge in [-0.25, -0.2) is 9.07 Å². The molecule has 0 saturated carbocycles. The van der Waals surface area contributed by atoms with Crippen molar-refractivity contribution in [3.8, 4) is 11.4 Å². The van der Waals surface area contributed by atoms with Gasteiger partial charge in [0.05, 0.1) is 11.9 Å². The molecule has 0 spiro atoms. The molecule has 1 fully saturated rings. The summed E-state index contributed by atoms with van der Waals surface area (Å²) >= 11 is 0. The number of amides is 3. The zero-order valence-corrected chi connectivity index (χ0v) is 16.8. The van der Waals surface area contributed by atoms with Crippen LogP contribution < -0.4 is 10.1 Å². The quantitative estimate of drug-likeness (QED) is 0.612. The lowest BCUT2D eigenvalue weighted by molar-refractivity contribution is -0.136. The Morgan fingerprint density at radius 1 is 1.12 bits per heavy atom. The van der Waals surface area contributed by atoms with Crippen molar-refractivity contribution in [2.75, 3.05) is 0 Å². The molecule has 1 unspecified atom stereocenters. The maximum atomic E-state index is 13.0. The number of fused-ring (bicyclic) bond motifs is 1. The minimum absolute atomic E-state index is 0.165. The van der Waals surface area contributed by atoms with Gasteiger partial charge in [0.2, 0.25) is 11.8 Å². The summed E-state index contributed by atoms with van der Waals surface area (Å²) in [7, 11) is 0. The number of imide groups is 1. The summed E-state index contributed by atoms with van der Waals surface area (Å²) in [6.07, 6.45) is 2.24. The van der Waals surface area contributed by atoms with Gasteiger partial charge in [-0.3, -0.25) is 19.7 Å². The number of hydrogen-bond acceptors (Lipinski definition) is 6. The van der Waals surface area contributed by atoms with Gasteiger partial charge in [0.15, 0.2) is 0 Å². The van der Waals surface area contributed by atoms with E-state index in [-0.39, 0.29) is 37.2 Å². The molecule has 2 aliphatic rings. The third-order valence-corrected chi connectivity index (χ3v) is 5.51. The van der Waals surface area contributed by atoms with Crippen LogP contribution in [0.2, 0.25) is 0 Å². The normalized spacial score (nSPS) is 18.0. The third-order valence-electron chi connectivity index (χ3n) is 5.51. The SMILES string of the molecule is O=C1CCC(N2Cc3cc(-n4cc(COc5ccc(F)cc5)nn4)ccc3C2=O)C(=O)N1. The molecule has 2 aromatic carbocycles. The Labute approximate surface area is 181 Å². The van der Waals surface area contributed by atoms with Gasteiger partial charge < -0.3 is 9.64 Å². The summed E-state index contributed by atoms with van der Waals surface area (Å²) in [5.74, 6) is -0.805. The molecule has 5 rings (SSSR count). The van der Waals surface area contributed by atoms with E-state index in [2.05, 4.69) is 15.6 Å². The highest BCUT2D eigenvalue weighted by Crippen LogP contribution is 2.29. The van der Waals surface area contributed by atoms with Crippen molar-refractivity contribution in [3.05, 3.63) is 71.3 Å². The highest BCUT2D eigenvalue weighted by Gasteiger charge is 2.39. The predicted octanol–water partition coefficient (Wildman–Crippen LogP) is 1.75. The molecule has 1 N–H and O–H groups in total. The molecule has 0 bridgehead atoms. The number of hydrogen-bond donors (Lipinski definition) is 1. The molecule has 3 amide bonds. The van der Waals surface area contributed by atoms with Crippen LogP contribution in [0.3, 0.4) is 0 Å². The van der Waals surface area contributed by atoms with Crippen LogP contribution >= 0.6 is 0 Å². The molecule has 0 aliphatic carbocycles. The van der Waals surface area contributed by atoms with Crippen molar-refractivity contribution in [2.24, 2.45) is 0 Å². The lowest BCUT2D eigenvalue weighted by atomic mass is 10.0. The maximum absolute atomic E-state index is 13.0. The van der Waals surface area contributed by atoms with Crippen LogP contribution in [0.5, 0.6) is 5.75 Å². The Bertz CT molecular complexity index is 1220. The summed E-state index contributed by atoms with van der Waals surface area (Å²) in [6, 6.07) is 10.3. The first-order valence-corrected chi connectivity index (χ1v) is 10.1. The van der Waals surface area contributed by atoms with E-state index in [1.54, 1.807) is 23.0 Å². The van der Waals surface area contributed by atoms with Crippen LogP contribution in [-0.2, 0) is 22.7 Å². The van der Waals surface area contributed by atoms with E-state index in [4.69, 9.17) is 4.74 Å². The topological polar surface area (TPSA) is 106 Å². The maximum Gasteiger partial charge on any atom is 0.255 e. The molecule has 9 nitrogen and oxygen atoms in total. The molecule has 162 valence electrons. The summed E-state index contributed by atoms with van der Waals surface area (Å²) in [4.78, 5) is 37.9. The van der Waals surface area contributed by atoms with Crippen LogP contribution in [0.25, 0.3) is 5.69 Å². The molecular formula is C22H18FN5O4. The number of carbonyl (C=O) groups excluding carboxylic acids is 3. The lowest BCUT2D eigenvalue weighted by Gasteiger charge is -2.29. The van der Waals surface area contributed by atoms with Gasteiger partial charge in [0, 0.05) is 18.5 Å². The van der Waals surface area contributed by atoms with E-state index in [1.165, 1.54) is 29.2 Å². The molecule has 1 saturated heterocycles. The van der Waals surface area contributed by atoms with E-state index < -0.39 is 11.9 Å². The molecular weight excluding hydrogens is 417 g/mol. The number of ether oxygens (including phenoxy) is 1. The fourth-order valence-electron chi connectivity index (χ4n) is 3.88. The Balaban J connectivity index is 1.29. The summed E-state index contributed by atoms with van der Waals surface area (Å²) in [6.45, 7) is 0.446. The standard InChI is InChI=1S/C22H18FN5O4/c23-14-1-4-17(5-2-14)32-12-15-11-28(26-25-15)16-3-6-18-13(9-16)10-27(22(18)31)19-7-8-20(29)24-21(19)30/h1-6,9,11,19H,7-8,10,12H2,(H,24,29,30). The zero-order chi connectivity index (χ0) is 22.2. The molecule has 10 heteroatoms. The van der Waals surface area contributed by atoms with Crippen molar-refractivity contribution in [2.45, 2.75) is 32.0 Å². The van der Waals surface area contributed by atoms with Crippen LogP contribution in [0.1, 0.15) is 34.5 Å². The smallest absolute Gasteiger partial charge is 0.255 e. The van der Waals surface area contributed by atoms with E-state index in [0.717, 1.165) is 5.56 Å². The van der Waals surface area contributed by atoms with Gasteiger partial charge in [-0.1, -0.05) is 5.21 Å². The average Bonchev–Trinajstić information content (AvgIpc) is 3.38. The number of nitrogens with zero attached hydrogens (tertiary/aromatic N) is 4. The zero-order valence-electron chi connectivity index (χ0n) is 16.8. The first-order chi connectivity index (χ1) is 15.5. The van der Waals surface area contributed by atoms with Crippen molar-refractivity contribution in [1.82, 2.24) is 25.2 Å². The second-order valence-electron chi connectivity index (χ2n) is 7.64. The Kier molecular flexibility index (Phi) is 4.89. The fourth-order valence-corrected chi connectivity index (χ4v) is 3.88. The molecule has 1 aromatic heterocycles. The predicted molar refractivity (Wildman–Crippen MR) is 108 cm³/mol. The summed E-state index contributed by atoms with van der Waals surface area (Å²) in [5, 5.41) is 10.5. The lowest BCUT2D eigenvalue weighted by Crippen LogP contribution is -2.52. The summed E-state index contributed by atoms with van der Waals surface area (Å²) < 4.78 is 20.1. The first-order valence-electron chi connectivity index (χ1n) is 10.1. The number of benzene rings is 2. The third kappa shape index (κ3) is 3.70. The highest BCUT2D eigenvalue weighted by molar-refractivity contribution is 6.05. The highest BCUT2D eigenvalue weighted by atomic mass is 19.1. The van der Waals surface area contributed by atoms with Gasteiger partial charge in [-0.05, 0) is 54.4 Å². The van der Waals surface area contributed by atoms with Gasteiger partial charge >= 0.3 is 0 Å². The van der Waals surface area contributed by atoms with E-state index in [0.29, 0.717) is 29.1 Å². The van der Waals surface area contributed by atoms with E-state index in [1.807, 2.05) is 6.07 Å². The van der Waals surface area contributed by atoms with Crippen molar-refractivity contribution >= 4 is 17.7 Å². The number of carbonyl (C=O) groups is 3. The summed E-state index contributed by atoms with van der Waals surface area (Å²) in [5.41, 5.74) is 2.59. The minimum Gasteiger partial charge on any atom is -0.487 e. The molecule has 0 radical (unpaired) electrons. The minimum atomic E-state index is -0.655. The first kappa shape index (κ1) is 19.9. The van der Waals surface area contributed by atoms with Crippen LogP contribution in [0, 0.1) is 5.82 Å². The van der Waals surface area contributed by atoms with Crippen molar-refractivity contribution < 1.29 is 23.5 Å². The van der Waals surface area contributed by atoms with Gasteiger partial charge in [-0.2, -0.15) is 0 Å². The number of piperidine rings is 1. The van der Waals surface area contributed by atoms with Gasteiger partial charge in [-0.15, -0.1) is 5.10 Å². The Morgan fingerprint density at radius 3 is 2.72 bits per heavy atom. The molecule has 32 heavy (non-hydrogen) atoms. The van der Waals surface area contributed by atoms with Gasteiger partial charge in [0.1, 0.15) is 29.9 Å². The fraction of sp³-hybridized carbons (Fsp3) is 0.227. The second kappa shape index (κ2) is 7.88. The number of rotatable bonds is 5. The molecule has 3 aromatic rings. The van der Waals surface area contributed by atoms with Crippen LogP contribution in [0.15, 0.2) is 48.7 Å². The number of aromatic nitrogens is 3. The largest absolute Gasteiger partial charge is 0.487 e. The van der Waals surface area contributed by atoms with Crippen molar-refractivity contribution in [3.63, 3.8) is 0 Å². The van der Waals surface area contributed by atoms with Gasteiger partial charge in [0.25, 0.3) is 5.91 Å². The Hall–Kier alpha value is -4.08. The number of halogens is 1. The van der Waals surface area contributed by atoms with Crippen LogP contribution in [-0.4, -0.2) is 43.7 Å². The van der Waals surface area contributed by atoms with Crippen LogP contribution in [0.4, 0.5) is 4.39 Å². The molecule has 2 aliphatic heterocycles. The Morgan fingerprint density at radius 2 is 1.94 bits per heavy atom. The second-order valence-corrected chi connectivity index (χ2v) is 7.64. The van der Waals surface area contributed by atoms with Crippen molar-refractivity contribution in [1.29, 1.82) is 0 Å². The average molecular weight is 435 g/mol. The molecule has 1 atom stereocenters. The monoisotopic (exact) mass is 435 g/mol. The van der Waals surface area contributed by atoms with E-state index in [9.17, 15) is 18.8 Å². The van der Waals surface area contributed by atoms with E-state index >= 15 is 0 Å². The molecule has 3 heterocycles. The number of nitrogens with one attached hydrogen (secondary N) is 1.